The van der Waals surface area contributed by atoms with Crippen LogP contribution >= 0.6 is 0 Å². The normalized spacial score (nSPS) is 27.2. The van der Waals surface area contributed by atoms with E-state index < -0.39 is 0 Å². The first-order valence-corrected chi connectivity index (χ1v) is 20.7. The van der Waals surface area contributed by atoms with Crippen molar-refractivity contribution in [2.24, 2.45) is 58.6 Å². The molecule has 0 fully saturated rings. The van der Waals surface area contributed by atoms with Crippen LogP contribution < -0.4 is 22.5 Å². The molecule has 8 unspecified atom stereocenters. The van der Waals surface area contributed by atoms with Gasteiger partial charge in [0.25, 0.3) is 0 Å². The summed E-state index contributed by atoms with van der Waals surface area (Å²) in [5.74, 6) is 4.17. The molecule has 9 atom stereocenters. The quantitative estimate of drug-likeness (QED) is 0.0416. The molecule has 0 aromatic rings. The van der Waals surface area contributed by atoms with E-state index in [4.69, 9.17) is 22.6 Å². The number of hydrogen-bond acceptors (Lipinski definition) is 5. The van der Waals surface area contributed by atoms with Gasteiger partial charge < -0.3 is 27.9 Å². The molecule has 4 aliphatic rings. The monoisotopic (exact) mass is 696 g/mol. The number of hydrogen-bond donors (Lipinski definition) is 5. The maximum atomic E-state index is 7.27. The number of nitrogens with two attached hydrogens (primary N) is 3. The Balaban J connectivity index is 1.38. The van der Waals surface area contributed by atoms with Crippen LogP contribution in [0.15, 0.2) is 95.7 Å². The van der Waals surface area contributed by atoms with Crippen molar-refractivity contribution in [2.45, 2.75) is 122 Å². The first-order valence-electron chi connectivity index (χ1n) is 20.7. The number of nitrogens with one attached hydrogen (secondary N) is 2. The second-order valence-corrected chi connectivity index (χ2v) is 16.2. The van der Waals surface area contributed by atoms with E-state index in [1.165, 1.54) is 56.7 Å². The third-order valence-electron chi connectivity index (χ3n) is 12.2. The Morgan fingerprint density at radius 2 is 1.75 bits per heavy atom. The van der Waals surface area contributed by atoms with Crippen molar-refractivity contribution in [1.82, 2.24) is 5.32 Å². The van der Waals surface area contributed by atoms with Crippen LogP contribution in [0.2, 0.25) is 0 Å². The van der Waals surface area contributed by atoms with Crippen LogP contribution in [0.5, 0.6) is 0 Å². The minimum absolute atomic E-state index is 0.177. The third-order valence-corrected chi connectivity index (χ3v) is 12.2. The van der Waals surface area contributed by atoms with Crippen LogP contribution in [0.3, 0.4) is 0 Å². The minimum Gasteiger partial charge on any atom is -0.330 e. The zero-order chi connectivity index (χ0) is 36.3. The fraction of sp³-hybridized carbons (Fsp3) is 0.630. The van der Waals surface area contributed by atoms with E-state index in [0.29, 0.717) is 41.5 Å². The van der Waals surface area contributed by atoms with E-state index in [2.05, 4.69) is 98.2 Å². The summed E-state index contributed by atoms with van der Waals surface area (Å²) in [5.41, 5.74) is 23.3. The highest BCUT2D eigenvalue weighted by Crippen LogP contribution is 2.45. The molecule has 0 bridgehead atoms. The molecule has 0 aromatic heterocycles. The van der Waals surface area contributed by atoms with Crippen molar-refractivity contribution in [3.05, 3.63) is 95.7 Å². The molecule has 5 nitrogen and oxygen atoms in total. The fourth-order valence-electron chi connectivity index (χ4n) is 8.80. The van der Waals surface area contributed by atoms with Gasteiger partial charge in [-0.15, -0.1) is 0 Å². The van der Waals surface area contributed by atoms with Crippen LogP contribution in [0.1, 0.15) is 110 Å². The van der Waals surface area contributed by atoms with Gasteiger partial charge in [0, 0.05) is 24.5 Å². The van der Waals surface area contributed by atoms with E-state index in [9.17, 15) is 0 Å². The van der Waals surface area contributed by atoms with E-state index in [1.807, 2.05) is 0 Å². The van der Waals surface area contributed by atoms with Gasteiger partial charge in [-0.1, -0.05) is 104 Å². The summed E-state index contributed by atoms with van der Waals surface area (Å²) >= 11 is 0. The molecule has 0 aromatic carbocycles. The molecule has 4 aliphatic carbocycles. The molecule has 4 rings (SSSR count). The summed E-state index contributed by atoms with van der Waals surface area (Å²) in [5, 5.41) is 11.2. The Labute approximate surface area is 312 Å². The molecule has 0 radical (unpaired) electrons. The Kier molecular flexibility index (Phi) is 18.7. The van der Waals surface area contributed by atoms with Gasteiger partial charge in [-0.3, -0.25) is 0 Å². The second kappa shape index (κ2) is 23.2. The minimum atomic E-state index is 0.177. The van der Waals surface area contributed by atoms with Crippen LogP contribution in [0.25, 0.3) is 0 Å². The molecule has 0 heterocycles. The fourth-order valence-corrected chi connectivity index (χ4v) is 8.80. The lowest BCUT2D eigenvalue weighted by Crippen LogP contribution is -2.35. The van der Waals surface area contributed by atoms with Crippen LogP contribution in [0.4, 0.5) is 0 Å². The van der Waals surface area contributed by atoms with Crippen molar-refractivity contribution in [3.63, 3.8) is 0 Å². The lowest BCUT2D eigenvalue weighted by Gasteiger charge is -2.40. The molecule has 0 saturated heterocycles. The van der Waals surface area contributed by atoms with Crippen LogP contribution in [0, 0.1) is 46.8 Å². The van der Waals surface area contributed by atoms with Gasteiger partial charge in [0.15, 0.2) is 0 Å². The molecule has 282 valence electrons. The number of unbranched alkanes of at least 4 members (excludes halogenated alkanes) is 2. The van der Waals surface area contributed by atoms with Crippen molar-refractivity contribution in [2.75, 3.05) is 19.6 Å². The maximum absolute atomic E-state index is 7.27. The van der Waals surface area contributed by atoms with Crippen molar-refractivity contribution < 1.29 is 0 Å². The first-order chi connectivity index (χ1) is 24.9. The highest BCUT2D eigenvalue weighted by atomic mass is 14.9. The topological polar surface area (TPSA) is 114 Å². The lowest BCUT2D eigenvalue weighted by molar-refractivity contribution is 0.239. The van der Waals surface area contributed by atoms with Crippen LogP contribution in [-0.2, 0) is 0 Å². The van der Waals surface area contributed by atoms with E-state index in [-0.39, 0.29) is 6.04 Å². The molecular weight excluding hydrogens is 623 g/mol. The standard InChI is InChI=1S/C46H73N5/c1-35(32-48)15-5-3-4-6-19-40(33-49)44-29-28-43(45-22-11-12-23-46(44)45)36(2)24-25-37(16-7-10-20-41(50)21-13-14-30-47)34-51-42-27-26-38-17-8-9-18-39(38)31-42/h3,5,7,9-12,18,22-23,25-27,30,35-36,38-42,44,46-47,51H,4,6,8,13-17,19-21,24,28-29,31-34,48-50H2,1-2H3/b5-3+,10-7-,37-25-,47-30?/t35?,36?,38-,39?,40?,41?,42?,44?,46?/m1/s1. The molecule has 0 spiro atoms. The van der Waals surface area contributed by atoms with Gasteiger partial charge in [-0.05, 0) is 157 Å². The summed E-state index contributed by atoms with van der Waals surface area (Å²) in [4.78, 5) is 0. The molecular formula is C46H73N5. The summed E-state index contributed by atoms with van der Waals surface area (Å²) in [6, 6.07) is 0.614. The zero-order valence-electron chi connectivity index (χ0n) is 32.2. The highest BCUT2D eigenvalue weighted by Gasteiger charge is 2.35. The summed E-state index contributed by atoms with van der Waals surface area (Å²) in [6.45, 7) is 7.13. The Bertz CT molecular complexity index is 1280. The first kappa shape index (κ1) is 41.2. The van der Waals surface area contributed by atoms with E-state index >= 15 is 0 Å². The van der Waals surface area contributed by atoms with Gasteiger partial charge in [-0.2, -0.15) is 0 Å². The molecule has 0 saturated carbocycles. The highest BCUT2D eigenvalue weighted by molar-refractivity contribution is 5.52. The summed E-state index contributed by atoms with van der Waals surface area (Å²) in [6.07, 6.45) is 49.0. The van der Waals surface area contributed by atoms with Gasteiger partial charge in [-0.25, -0.2) is 0 Å². The Hall–Kier alpha value is -2.57. The molecule has 0 amide bonds. The average Bonchev–Trinajstić information content (AvgIpc) is 3.16. The molecule has 51 heavy (non-hydrogen) atoms. The summed E-state index contributed by atoms with van der Waals surface area (Å²) < 4.78 is 0. The predicted octanol–water partition coefficient (Wildman–Crippen LogP) is 9.66. The van der Waals surface area contributed by atoms with Gasteiger partial charge in [0.05, 0.1) is 0 Å². The maximum Gasteiger partial charge on any atom is 0.0258 e. The van der Waals surface area contributed by atoms with Crippen molar-refractivity contribution >= 4 is 6.21 Å². The van der Waals surface area contributed by atoms with Gasteiger partial charge in [0.2, 0.25) is 0 Å². The average molecular weight is 696 g/mol. The van der Waals surface area contributed by atoms with Crippen molar-refractivity contribution in [3.8, 4) is 0 Å². The van der Waals surface area contributed by atoms with Crippen molar-refractivity contribution in [1.29, 1.82) is 5.41 Å². The lowest BCUT2D eigenvalue weighted by atomic mass is 9.65. The zero-order valence-corrected chi connectivity index (χ0v) is 32.2. The van der Waals surface area contributed by atoms with E-state index in [0.717, 1.165) is 76.9 Å². The summed E-state index contributed by atoms with van der Waals surface area (Å²) in [7, 11) is 0. The SMILES string of the molecule is CC(CN)C/C=C/CCCC(CN)C1CCC(C(C)C/C=C(/C/C=C\CC(N)CCCC=N)CNC2C=C[C@H]3CCC=CC3C2)=C2C=CC=CC21. The number of allylic oxidation sites excluding steroid dienone is 13. The van der Waals surface area contributed by atoms with Gasteiger partial charge >= 0.3 is 0 Å². The molecule has 5 heteroatoms. The Morgan fingerprint density at radius 3 is 2.57 bits per heavy atom. The third kappa shape index (κ3) is 13.7. The number of rotatable bonds is 23. The smallest absolute Gasteiger partial charge is 0.0258 e. The van der Waals surface area contributed by atoms with Gasteiger partial charge in [0.1, 0.15) is 0 Å². The molecule has 8 N–H and O–H groups in total. The largest absolute Gasteiger partial charge is 0.330 e. The van der Waals surface area contributed by atoms with E-state index in [1.54, 1.807) is 11.1 Å². The van der Waals surface area contributed by atoms with Crippen LogP contribution in [-0.4, -0.2) is 37.9 Å². The molecule has 0 aliphatic heterocycles. The Morgan fingerprint density at radius 1 is 0.902 bits per heavy atom. The number of fused-ring (bicyclic) bond motifs is 2. The predicted molar refractivity (Wildman–Crippen MR) is 222 cm³/mol. The second-order valence-electron chi connectivity index (χ2n) is 16.2.